The summed E-state index contributed by atoms with van der Waals surface area (Å²) in [5, 5.41) is 20.3. The van der Waals surface area contributed by atoms with Gasteiger partial charge in [-0.1, -0.05) is 73.3 Å². The van der Waals surface area contributed by atoms with E-state index in [2.05, 4.69) is 47.6 Å². The van der Waals surface area contributed by atoms with Crippen molar-refractivity contribution in [3.63, 3.8) is 0 Å². The van der Waals surface area contributed by atoms with E-state index in [0.717, 1.165) is 49.7 Å². The zero-order chi connectivity index (χ0) is 34.7. The van der Waals surface area contributed by atoms with Gasteiger partial charge in [-0.15, -0.1) is 0 Å². The highest BCUT2D eigenvalue weighted by molar-refractivity contribution is 5.97. The second kappa shape index (κ2) is 16.6. The maximum atomic E-state index is 13.1. The number of benzene rings is 2. The molecule has 8 nitrogen and oxygen atoms in total. The summed E-state index contributed by atoms with van der Waals surface area (Å²) in [4.78, 5) is 13.1. The summed E-state index contributed by atoms with van der Waals surface area (Å²) < 4.78 is 27.9. The number of allylic oxidation sites excluding steroid dienone is 2. The first-order chi connectivity index (χ1) is 21.6. The van der Waals surface area contributed by atoms with Crippen LogP contribution < -0.4 is 18.9 Å². The predicted octanol–water partition coefficient (Wildman–Crippen LogP) is 9.23. The van der Waals surface area contributed by atoms with Gasteiger partial charge < -0.3 is 28.8 Å². The standard InChI is InChI=1S/C38H55NO7/c1-26(29(25-39)28-23-32(43-10)34(40)33(24-28)44-11)27-18-19-30(31(22-27)42-9)45-20-16-14-12-13-15-17-21-46-35(41)38(8,36(2,3)4)37(5,6)7/h18-19,22-24,40H,12-17,20-21H2,1-11H3/b29-26+. The number of carbonyl (C=O) groups excluding carboxylic acids is 1. The predicted molar refractivity (Wildman–Crippen MR) is 183 cm³/mol. The van der Waals surface area contributed by atoms with Crippen molar-refractivity contribution < 1.29 is 33.6 Å². The number of nitrogens with zero attached hydrogens (tertiary/aromatic N) is 1. The first-order valence-electron chi connectivity index (χ1n) is 16.1. The Bertz CT molecular complexity index is 1350. The van der Waals surface area contributed by atoms with Gasteiger partial charge in [0.15, 0.2) is 23.0 Å². The van der Waals surface area contributed by atoms with Crippen LogP contribution in [0.1, 0.15) is 105 Å². The van der Waals surface area contributed by atoms with Crippen LogP contribution in [0.25, 0.3) is 11.1 Å². The molecule has 8 heteroatoms. The third-order valence-electron chi connectivity index (χ3n) is 9.29. The molecule has 2 aromatic carbocycles. The summed E-state index contributed by atoms with van der Waals surface area (Å²) in [6.45, 7) is 17.6. The van der Waals surface area contributed by atoms with Crippen molar-refractivity contribution in [1.82, 2.24) is 0 Å². The second-order valence-corrected chi connectivity index (χ2v) is 13.9. The molecule has 0 heterocycles. The van der Waals surface area contributed by atoms with Crippen molar-refractivity contribution >= 4 is 17.1 Å². The molecule has 0 aliphatic carbocycles. The molecule has 0 bridgehead atoms. The van der Waals surface area contributed by atoms with Gasteiger partial charge in [0.1, 0.15) is 6.07 Å². The molecule has 0 radical (unpaired) electrons. The Balaban J connectivity index is 1.88. The van der Waals surface area contributed by atoms with E-state index in [1.165, 1.54) is 14.2 Å². The van der Waals surface area contributed by atoms with Crippen molar-refractivity contribution in [2.45, 2.75) is 93.9 Å². The van der Waals surface area contributed by atoms with Crippen molar-refractivity contribution in [1.29, 1.82) is 5.26 Å². The van der Waals surface area contributed by atoms with Gasteiger partial charge in [0.25, 0.3) is 0 Å². The molecule has 2 rings (SSSR count). The number of rotatable bonds is 16. The molecule has 0 spiro atoms. The van der Waals surface area contributed by atoms with Crippen LogP contribution in [-0.4, -0.2) is 45.6 Å². The molecule has 46 heavy (non-hydrogen) atoms. The van der Waals surface area contributed by atoms with Gasteiger partial charge in [-0.25, -0.2) is 0 Å². The summed E-state index contributed by atoms with van der Waals surface area (Å²) in [6.07, 6.45) is 6.01. The van der Waals surface area contributed by atoms with E-state index in [9.17, 15) is 15.2 Å². The van der Waals surface area contributed by atoms with Crippen molar-refractivity contribution in [3.05, 3.63) is 41.5 Å². The number of carbonyl (C=O) groups is 1. The number of methoxy groups -OCH3 is 3. The number of esters is 1. The smallest absolute Gasteiger partial charge is 0.312 e. The monoisotopic (exact) mass is 637 g/mol. The van der Waals surface area contributed by atoms with Gasteiger partial charge in [-0.05, 0) is 72.9 Å². The van der Waals surface area contributed by atoms with Crippen molar-refractivity contribution in [3.8, 4) is 34.8 Å². The SMILES string of the molecule is COc1cc(/C(C)=C(\C#N)c2cc(OC)c(O)c(OC)c2)ccc1OCCCCCCCCOC(=O)C(C)(C(C)(C)C)C(C)(C)C. The Kier molecular flexibility index (Phi) is 13.9. The van der Waals surface area contributed by atoms with Crippen LogP contribution in [0.2, 0.25) is 0 Å². The molecule has 1 N–H and O–H groups in total. The molecule has 0 unspecified atom stereocenters. The fraction of sp³-hybridized carbons (Fsp3) is 0.579. The topological polar surface area (TPSA) is 107 Å². The number of aromatic hydroxyl groups is 1. The summed E-state index contributed by atoms with van der Waals surface area (Å²) in [5.74, 6) is 1.44. The lowest BCUT2D eigenvalue weighted by Gasteiger charge is -2.48. The highest BCUT2D eigenvalue weighted by Crippen LogP contribution is 2.52. The molecule has 0 atom stereocenters. The van der Waals surface area contributed by atoms with E-state index in [1.807, 2.05) is 32.0 Å². The van der Waals surface area contributed by atoms with Crippen molar-refractivity contribution in [2.24, 2.45) is 16.2 Å². The van der Waals surface area contributed by atoms with Gasteiger partial charge in [-0.2, -0.15) is 5.26 Å². The van der Waals surface area contributed by atoms with Gasteiger partial charge >= 0.3 is 5.97 Å². The third-order valence-corrected chi connectivity index (χ3v) is 9.29. The number of ether oxygens (including phenoxy) is 5. The first kappa shape index (κ1) is 38.3. The summed E-state index contributed by atoms with van der Waals surface area (Å²) in [7, 11) is 4.49. The van der Waals surface area contributed by atoms with E-state index >= 15 is 0 Å². The quantitative estimate of drug-likeness (QED) is 0.0840. The Morgan fingerprint density at radius 2 is 1.20 bits per heavy atom. The minimum absolute atomic E-state index is 0.108. The summed E-state index contributed by atoms with van der Waals surface area (Å²) in [5.41, 5.74) is 1.54. The lowest BCUT2D eigenvalue weighted by molar-refractivity contribution is -0.172. The molecule has 0 aromatic heterocycles. The molecular weight excluding hydrogens is 582 g/mol. The van der Waals surface area contributed by atoms with Crippen LogP contribution >= 0.6 is 0 Å². The van der Waals surface area contributed by atoms with E-state index < -0.39 is 5.41 Å². The molecule has 0 aliphatic heterocycles. The van der Waals surface area contributed by atoms with E-state index in [4.69, 9.17) is 23.7 Å². The molecule has 0 saturated carbocycles. The zero-order valence-corrected chi connectivity index (χ0v) is 29.9. The van der Waals surface area contributed by atoms with Crippen LogP contribution in [0, 0.1) is 27.6 Å². The van der Waals surface area contributed by atoms with Crippen LogP contribution in [0.3, 0.4) is 0 Å². The normalized spacial score (nSPS) is 12.6. The fourth-order valence-corrected chi connectivity index (χ4v) is 5.71. The van der Waals surface area contributed by atoms with Gasteiger partial charge in [-0.3, -0.25) is 4.79 Å². The molecule has 2 aromatic rings. The molecule has 0 saturated heterocycles. The third kappa shape index (κ3) is 9.11. The number of unbranched alkanes of at least 4 members (excludes halogenated alkanes) is 5. The average Bonchev–Trinajstić information content (AvgIpc) is 3.00. The molecular formula is C38H55NO7. The summed E-state index contributed by atoms with van der Waals surface area (Å²) in [6, 6.07) is 11.1. The van der Waals surface area contributed by atoms with Crippen LogP contribution in [0.5, 0.6) is 28.7 Å². The van der Waals surface area contributed by atoms with Crippen LogP contribution in [0.15, 0.2) is 30.3 Å². The first-order valence-corrected chi connectivity index (χ1v) is 16.1. The molecule has 0 amide bonds. The minimum Gasteiger partial charge on any atom is -0.502 e. The average molecular weight is 638 g/mol. The van der Waals surface area contributed by atoms with E-state index in [1.54, 1.807) is 19.2 Å². The highest BCUT2D eigenvalue weighted by Gasteiger charge is 2.53. The van der Waals surface area contributed by atoms with E-state index in [0.29, 0.717) is 35.8 Å². The van der Waals surface area contributed by atoms with Gasteiger partial charge in [0.2, 0.25) is 5.75 Å². The zero-order valence-electron chi connectivity index (χ0n) is 29.9. The Labute approximate surface area is 276 Å². The maximum Gasteiger partial charge on any atom is 0.312 e. The Morgan fingerprint density at radius 1 is 0.717 bits per heavy atom. The van der Waals surface area contributed by atoms with E-state index in [-0.39, 0.29) is 34.0 Å². The lowest BCUT2D eigenvalue weighted by atomic mass is 9.55. The largest absolute Gasteiger partial charge is 0.502 e. The number of hydrogen-bond donors (Lipinski definition) is 1. The molecule has 0 aliphatic rings. The minimum atomic E-state index is -0.574. The molecule has 254 valence electrons. The van der Waals surface area contributed by atoms with Gasteiger partial charge in [0.05, 0.1) is 45.5 Å². The number of phenolic OH excluding ortho intramolecular Hbond substituents is 1. The lowest BCUT2D eigenvalue weighted by Crippen LogP contribution is -2.50. The number of nitriles is 1. The number of hydrogen-bond acceptors (Lipinski definition) is 8. The Morgan fingerprint density at radius 3 is 1.67 bits per heavy atom. The number of phenols is 1. The van der Waals surface area contributed by atoms with Crippen LogP contribution in [-0.2, 0) is 9.53 Å². The van der Waals surface area contributed by atoms with Crippen molar-refractivity contribution in [2.75, 3.05) is 34.5 Å². The summed E-state index contributed by atoms with van der Waals surface area (Å²) >= 11 is 0. The van der Waals surface area contributed by atoms with Crippen LogP contribution in [0.4, 0.5) is 0 Å². The van der Waals surface area contributed by atoms with Gasteiger partial charge in [0, 0.05) is 5.56 Å². The molecule has 0 fully saturated rings. The Hall–Kier alpha value is -3.86. The second-order valence-electron chi connectivity index (χ2n) is 13.9. The maximum absolute atomic E-state index is 13.1. The highest BCUT2D eigenvalue weighted by atomic mass is 16.5. The fourth-order valence-electron chi connectivity index (χ4n) is 5.71.